The molecular formula is C16H23N3O2. The quantitative estimate of drug-likeness (QED) is 0.924. The van der Waals surface area contributed by atoms with Gasteiger partial charge in [0.2, 0.25) is 11.8 Å². The summed E-state index contributed by atoms with van der Waals surface area (Å²) in [7, 11) is 0. The van der Waals surface area contributed by atoms with Gasteiger partial charge in [-0.3, -0.25) is 9.59 Å². The Kier molecular flexibility index (Phi) is 5.31. The zero-order valence-electron chi connectivity index (χ0n) is 12.8. The fraction of sp³-hybridized carbons (Fsp3) is 0.562. The van der Waals surface area contributed by atoms with Crippen molar-refractivity contribution >= 4 is 17.6 Å². The maximum Gasteiger partial charge on any atom is 0.222 e. The first-order chi connectivity index (χ1) is 10.0. The summed E-state index contributed by atoms with van der Waals surface area (Å²) in [5.74, 6) is 1.25. The van der Waals surface area contributed by atoms with Gasteiger partial charge >= 0.3 is 0 Å². The molecule has 0 spiro atoms. The molecule has 1 saturated heterocycles. The van der Waals surface area contributed by atoms with Gasteiger partial charge in [-0.15, -0.1) is 0 Å². The summed E-state index contributed by atoms with van der Waals surface area (Å²) in [5.41, 5.74) is 1.17. The van der Waals surface area contributed by atoms with Crippen molar-refractivity contribution in [1.82, 2.24) is 9.88 Å². The monoisotopic (exact) mass is 289 g/mol. The number of anilines is 1. The molecule has 0 radical (unpaired) electrons. The Balaban J connectivity index is 1.87. The van der Waals surface area contributed by atoms with E-state index in [9.17, 15) is 9.59 Å². The van der Waals surface area contributed by atoms with E-state index in [-0.39, 0.29) is 11.8 Å². The molecule has 0 bridgehead atoms. The van der Waals surface area contributed by atoms with Crippen LogP contribution in [-0.4, -0.2) is 34.8 Å². The van der Waals surface area contributed by atoms with E-state index in [2.05, 4.69) is 10.3 Å². The normalized spacial score (nSPS) is 18.4. The fourth-order valence-corrected chi connectivity index (χ4v) is 2.84. The minimum atomic E-state index is -0.107. The first-order valence-corrected chi connectivity index (χ1v) is 7.52. The van der Waals surface area contributed by atoms with Gasteiger partial charge in [0.1, 0.15) is 5.82 Å². The van der Waals surface area contributed by atoms with Crippen molar-refractivity contribution < 1.29 is 9.59 Å². The lowest BCUT2D eigenvalue weighted by molar-refractivity contribution is -0.130. The highest BCUT2D eigenvalue weighted by Gasteiger charge is 2.21. The lowest BCUT2D eigenvalue weighted by atomic mass is 9.92. The molecule has 2 rings (SSSR count). The second-order valence-corrected chi connectivity index (χ2v) is 5.74. The van der Waals surface area contributed by atoms with E-state index >= 15 is 0 Å². The Morgan fingerprint density at radius 3 is 2.95 bits per heavy atom. The molecule has 0 aromatic carbocycles. The molecule has 1 aromatic rings. The number of hydrogen-bond donors (Lipinski definition) is 1. The van der Waals surface area contributed by atoms with Crippen molar-refractivity contribution in [2.75, 3.05) is 18.4 Å². The molecule has 0 saturated carbocycles. The number of amides is 2. The Morgan fingerprint density at radius 1 is 1.43 bits per heavy atom. The zero-order chi connectivity index (χ0) is 15.2. The number of nitrogens with one attached hydrogen (secondary N) is 1. The molecule has 1 atom stereocenters. The van der Waals surface area contributed by atoms with Gasteiger partial charge in [0, 0.05) is 33.1 Å². The maximum atomic E-state index is 11.4. The Bertz CT molecular complexity index is 516. The van der Waals surface area contributed by atoms with Crippen molar-refractivity contribution in [1.29, 1.82) is 0 Å². The van der Waals surface area contributed by atoms with E-state index < -0.39 is 0 Å². The van der Waals surface area contributed by atoms with Crippen molar-refractivity contribution in [2.45, 2.75) is 39.5 Å². The molecule has 1 fully saturated rings. The molecule has 1 aromatic heterocycles. The summed E-state index contributed by atoms with van der Waals surface area (Å²) >= 11 is 0. The number of nitrogens with zero attached hydrogens (tertiary/aromatic N) is 2. The van der Waals surface area contributed by atoms with E-state index in [1.807, 2.05) is 17.0 Å². The van der Waals surface area contributed by atoms with Gasteiger partial charge < -0.3 is 10.2 Å². The third kappa shape index (κ3) is 4.85. The minimum Gasteiger partial charge on any atom is -0.343 e. The van der Waals surface area contributed by atoms with E-state index in [1.54, 1.807) is 13.1 Å². The Morgan fingerprint density at radius 2 is 2.24 bits per heavy atom. The van der Waals surface area contributed by atoms with Crippen LogP contribution in [-0.2, 0) is 16.0 Å². The lowest BCUT2D eigenvalue weighted by Gasteiger charge is -2.32. The van der Waals surface area contributed by atoms with Crippen LogP contribution in [0.4, 0.5) is 5.82 Å². The van der Waals surface area contributed by atoms with Crippen LogP contribution in [0.5, 0.6) is 0 Å². The number of carbonyl (C=O) groups excluding carboxylic acids is 2. The molecule has 1 aliphatic heterocycles. The Labute approximate surface area is 125 Å². The summed E-state index contributed by atoms with van der Waals surface area (Å²) in [6, 6.07) is 3.91. The Hall–Kier alpha value is -1.91. The minimum absolute atomic E-state index is 0.107. The summed E-state index contributed by atoms with van der Waals surface area (Å²) < 4.78 is 0. The van der Waals surface area contributed by atoms with Crippen LogP contribution in [0.25, 0.3) is 0 Å². The van der Waals surface area contributed by atoms with Gasteiger partial charge in [0.05, 0.1) is 0 Å². The topological polar surface area (TPSA) is 62.3 Å². The molecule has 5 heteroatoms. The highest BCUT2D eigenvalue weighted by molar-refractivity contribution is 5.87. The first kappa shape index (κ1) is 15.5. The number of hydrogen-bond acceptors (Lipinski definition) is 3. The number of carbonyl (C=O) groups is 2. The van der Waals surface area contributed by atoms with Crippen LogP contribution in [0.2, 0.25) is 0 Å². The number of rotatable bonds is 4. The lowest BCUT2D eigenvalue weighted by Crippen LogP contribution is -2.38. The highest BCUT2D eigenvalue weighted by atomic mass is 16.2. The summed E-state index contributed by atoms with van der Waals surface area (Å²) in [5, 5.41) is 2.70. The molecule has 2 amide bonds. The number of aryl methyl sites for hydroxylation is 1. The van der Waals surface area contributed by atoms with Gasteiger partial charge in [-0.25, -0.2) is 4.98 Å². The SMILES string of the molecule is CC(=O)Nc1cc(CC[C@@H]2CCCN(C(C)=O)C2)ccn1. The molecule has 5 nitrogen and oxygen atoms in total. The fourth-order valence-electron chi connectivity index (χ4n) is 2.84. The van der Waals surface area contributed by atoms with Gasteiger partial charge in [-0.1, -0.05) is 0 Å². The van der Waals surface area contributed by atoms with Crippen LogP contribution in [0.3, 0.4) is 0 Å². The molecule has 0 unspecified atom stereocenters. The van der Waals surface area contributed by atoms with Crippen LogP contribution < -0.4 is 5.32 Å². The van der Waals surface area contributed by atoms with Crippen molar-refractivity contribution in [2.24, 2.45) is 5.92 Å². The van der Waals surface area contributed by atoms with Gasteiger partial charge in [-0.05, 0) is 49.3 Å². The molecular weight excluding hydrogens is 266 g/mol. The summed E-state index contributed by atoms with van der Waals surface area (Å²) in [4.78, 5) is 28.6. The predicted octanol–water partition coefficient (Wildman–Crippen LogP) is 2.23. The average molecular weight is 289 g/mol. The van der Waals surface area contributed by atoms with Crippen LogP contribution in [0.1, 0.15) is 38.7 Å². The second-order valence-electron chi connectivity index (χ2n) is 5.74. The van der Waals surface area contributed by atoms with Gasteiger partial charge in [0.15, 0.2) is 0 Å². The van der Waals surface area contributed by atoms with Crippen molar-refractivity contribution in [3.05, 3.63) is 23.9 Å². The number of aromatic nitrogens is 1. The number of piperidine rings is 1. The van der Waals surface area contributed by atoms with Crippen LogP contribution >= 0.6 is 0 Å². The third-order valence-electron chi connectivity index (χ3n) is 3.93. The van der Waals surface area contributed by atoms with E-state index in [4.69, 9.17) is 0 Å². The molecule has 114 valence electrons. The zero-order valence-corrected chi connectivity index (χ0v) is 12.8. The number of likely N-dealkylation sites (tertiary alicyclic amines) is 1. The number of pyridine rings is 1. The third-order valence-corrected chi connectivity index (χ3v) is 3.93. The second kappa shape index (κ2) is 7.20. The maximum absolute atomic E-state index is 11.4. The first-order valence-electron chi connectivity index (χ1n) is 7.52. The molecule has 1 aliphatic rings. The van der Waals surface area contributed by atoms with E-state index in [0.717, 1.165) is 32.4 Å². The van der Waals surface area contributed by atoms with Crippen molar-refractivity contribution in [3.63, 3.8) is 0 Å². The average Bonchev–Trinajstić information content (AvgIpc) is 2.45. The smallest absolute Gasteiger partial charge is 0.222 e. The summed E-state index contributed by atoms with van der Waals surface area (Å²) in [6.07, 6.45) is 6.02. The molecule has 21 heavy (non-hydrogen) atoms. The van der Waals surface area contributed by atoms with Gasteiger partial charge in [0.25, 0.3) is 0 Å². The summed E-state index contributed by atoms with van der Waals surface area (Å²) in [6.45, 7) is 4.89. The molecule has 1 N–H and O–H groups in total. The predicted molar refractivity (Wildman–Crippen MR) is 81.8 cm³/mol. The van der Waals surface area contributed by atoms with E-state index in [0.29, 0.717) is 11.7 Å². The highest BCUT2D eigenvalue weighted by Crippen LogP contribution is 2.22. The van der Waals surface area contributed by atoms with Gasteiger partial charge in [-0.2, -0.15) is 0 Å². The molecule has 0 aliphatic carbocycles. The standard InChI is InChI=1S/C16H23N3O2/c1-12(20)18-16-10-14(7-8-17-16)5-6-15-4-3-9-19(11-15)13(2)21/h7-8,10,15H,3-6,9,11H2,1-2H3,(H,17,18,20)/t15-/m0/s1. The largest absolute Gasteiger partial charge is 0.343 e. The molecule has 2 heterocycles. The van der Waals surface area contributed by atoms with Crippen LogP contribution in [0.15, 0.2) is 18.3 Å². The van der Waals surface area contributed by atoms with Crippen molar-refractivity contribution in [3.8, 4) is 0 Å². The van der Waals surface area contributed by atoms with E-state index in [1.165, 1.54) is 18.9 Å². The van der Waals surface area contributed by atoms with Crippen LogP contribution in [0, 0.1) is 5.92 Å².